The normalized spacial score (nSPS) is 11.8. The zero-order valence-corrected chi connectivity index (χ0v) is 15.6. The van der Waals surface area contributed by atoms with Crippen LogP contribution in [0.25, 0.3) is 0 Å². The summed E-state index contributed by atoms with van der Waals surface area (Å²) in [6, 6.07) is 14.6. The molecule has 0 saturated heterocycles. The van der Waals surface area contributed by atoms with Crippen LogP contribution >= 0.6 is 11.6 Å². The fraction of sp³-hybridized carbons (Fsp3) is 0.211. The molecule has 1 amide bonds. The number of carbonyl (C=O) groups is 1. The van der Waals surface area contributed by atoms with Gasteiger partial charge in [-0.1, -0.05) is 58.3 Å². The van der Waals surface area contributed by atoms with Crippen LogP contribution in [0.5, 0.6) is 0 Å². The maximum atomic E-state index is 12.0. The number of rotatable bonds is 7. The third kappa shape index (κ3) is 5.07. The fourth-order valence-electron chi connectivity index (χ4n) is 2.24. The van der Waals surface area contributed by atoms with Crippen LogP contribution in [0.15, 0.2) is 58.8 Å². The Kier molecular flexibility index (Phi) is 7.17. The predicted octanol–water partition coefficient (Wildman–Crippen LogP) is 3.38. The van der Waals surface area contributed by atoms with Gasteiger partial charge in [-0.15, -0.1) is 0 Å². The average molecular weight is 374 g/mol. The summed E-state index contributed by atoms with van der Waals surface area (Å²) in [5.41, 5.74) is 3.19. The molecule has 0 bridgehead atoms. The molecule has 26 heavy (non-hydrogen) atoms. The van der Waals surface area contributed by atoms with Gasteiger partial charge < -0.3 is 15.0 Å². The lowest BCUT2D eigenvalue weighted by Gasteiger charge is -2.10. The molecular weight excluding hydrogens is 354 g/mol. The second-order valence-electron chi connectivity index (χ2n) is 5.32. The predicted molar refractivity (Wildman–Crippen MR) is 103 cm³/mol. The largest absolute Gasteiger partial charge is 0.398 e. The summed E-state index contributed by atoms with van der Waals surface area (Å²) < 4.78 is 0. The Hall–Kier alpha value is -2.86. The van der Waals surface area contributed by atoms with Gasteiger partial charge in [-0.05, 0) is 24.6 Å². The molecule has 0 fully saturated rings. The smallest absolute Gasteiger partial charge is 0.273 e. The summed E-state index contributed by atoms with van der Waals surface area (Å²) in [7, 11) is 2.92. The number of benzene rings is 2. The highest BCUT2D eigenvalue weighted by atomic mass is 35.5. The van der Waals surface area contributed by atoms with Crippen LogP contribution in [0, 0.1) is 0 Å². The topological polar surface area (TPSA) is 72.3 Å². The Bertz CT molecular complexity index is 817. The lowest BCUT2D eigenvalue weighted by molar-refractivity contribution is -0.114. The minimum absolute atomic E-state index is 0.174. The SMILES string of the molecule is CNC(=O)/C(=N/OC)c1ccccc1CO/N=C(\C)c1ccc(Cl)cc1. The maximum Gasteiger partial charge on any atom is 0.273 e. The third-order valence-corrected chi connectivity index (χ3v) is 3.83. The van der Waals surface area contributed by atoms with E-state index < -0.39 is 0 Å². The molecule has 0 atom stereocenters. The quantitative estimate of drug-likeness (QED) is 0.597. The standard InChI is InChI=1S/C19H20ClN3O3/c1-13(14-8-10-16(20)11-9-14)22-26-12-15-6-4-5-7-17(15)18(23-25-3)19(24)21-2/h4-11H,12H2,1-3H3,(H,21,24)/b22-13+,23-18+. The average Bonchev–Trinajstić information content (AvgIpc) is 2.66. The molecule has 0 aliphatic rings. The Balaban J connectivity index is 2.17. The summed E-state index contributed by atoms with van der Waals surface area (Å²) in [6.45, 7) is 2.03. The van der Waals surface area contributed by atoms with Gasteiger partial charge in [0, 0.05) is 23.2 Å². The zero-order valence-electron chi connectivity index (χ0n) is 14.8. The summed E-state index contributed by atoms with van der Waals surface area (Å²) in [5.74, 6) is -0.347. The van der Waals surface area contributed by atoms with Crippen LogP contribution in [0.2, 0.25) is 5.02 Å². The first-order chi connectivity index (χ1) is 12.6. The van der Waals surface area contributed by atoms with Crippen molar-refractivity contribution in [3.8, 4) is 0 Å². The number of carbonyl (C=O) groups excluding carboxylic acids is 1. The van der Waals surface area contributed by atoms with Crippen LogP contribution in [0.3, 0.4) is 0 Å². The van der Waals surface area contributed by atoms with Crippen LogP contribution in [0.4, 0.5) is 0 Å². The van der Waals surface area contributed by atoms with E-state index >= 15 is 0 Å². The minimum atomic E-state index is -0.347. The number of hydrogen-bond donors (Lipinski definition) is 1. The van der Waals surface area contributed by atoms with Gasteiger partial charge in [0.25, 0.3) is 5.91 Å². The molecule has 0 unspecified atom stereocenters. The molecule has 0 spiro atoms. The molecule has 2 aromatic rings. The lowest BCUT2D eigenvalue weighted by atomic mass is 10.0. The van der Waals surface area contributed by atoms with Crippen LogP contribution < -0.4 is 5.32 Å². The molecule has 0 aliphatic heterocycles. The molecule has 6 nitrogen and oxygen atoms in total. The Morgan fingerprint density at radius 2 is 1.81 bits per heavy atom. The molecule has 0 aromatic heterocycles. The molecule has 0 radical (unpaired) electrons. The zero-order chi connectivity index (χ0) is 18.9. The van der Waals surface area contributed by atoms with Gasteiger partial charge in [0.2, 0.25) is 0 Å². The maximum absolute atomic E-state index is 12.0. The van der Waals surface area contributed by atoms with Gasteiger partial charge >= 0.3 is 0 Å². The van der Waals surface area contributed by atoms with E-state index in [1.165, 1.54) is 14.2 Å². The monoisotopic (exact) mass is 373 g/mol. The number of nitrogens with zero attached hydrogens (tertiary/aromatic N) is 2. The highest BCUT2D eigenvalue weighted by Crippen LogP contribution is 2.14. The molecule has 2 rings (SSSR count). The van der Waals surface area contributed by atoms with E-state index in [0.717, 1.165) is 16.8 Å². The molecular formula is C19H20ClN3O3. The number of hydrogen-bond acceptors (Lipinski definition) is 5. The van der Waals surface area contributed by atoms with Crippen LogP contribution in [-0.4, -0.2) is 31.5 Å². The van der Waals surface area contributed by atoms with Crippen molar-refractivity contribution in [2.24, 2.45) is 10.3 Å². The van der Waals surface area contributed by atoms with Gasteiger partial charge in [0.05, 0.1) is 5.71 Å². The Labute approximate surface area is 157 Å². The van der Waals surface area contributed by atoms with E-state index in [4.69, 9.17) is 21.3 Å². The van der Waals surface area contributed by atoms with E-state index in [-0.39, 0.29) is 18.2 Å². The second-order valence-corrected chi connectivity index (χ2v) is 5.75. The van der Waals surface area contributed by atoms with Crippen molar-refractivity contribution >= 4 is 28.9 Å². The van der Waals surface area contributed by atoms with Crippen molar-refractivity contribution < 1.29 is 14.5 Å². The fourth-order valence-corrected chi connectivity index (χ4v) is 2.37. The van der Waals surface area contributed by atoms with Gasteiger partial charge in [-0.3, -0.25) is 4.79 Å². The third-order valence-electron chi connectivity index (χ3n) is 3.58. The molecule has 136 valence electrons. The van der Waals surface area contributed by atoms with E-state index in [1.54, 1.807) is 18.2 Å². The summed E-state index contributed by atoms with van der Waals surface area (Å²) >= 11 is 5.89. The van der Waals surface area contributed by atoms with Gasteiger partial charge in [0.15, 0.2) is 5.71 Å². The Morgan fingerprint density at radius 3 is 2.46 bits per heavy atom. The molecule has 0 saturated carbocycles. The first-order valence-corrected chi connectivity index (χ1v) is 8.28. The van der Waals surface area contributed by atoms with Crippen LogP contribution in [-0.2, 0) is 21.1 Å². The van der Waals surface area contributed by atoms with E-state index in [2.05, 4.69) is 15.6 Å². The van der Waals surface area contributed by atoms with Crippen molar-refractivity contribution in [1.29, 1.82) is 0 Å². The molecule has 0 aliphatic carbocycles. The van der Waals surface area contributed by atoms with Crippen molar-refractivity contribution in [3.63, 3.8) is 0 Å². The van der Waals surface area contributed by atoms with Crippen LogP contribution in [0.1, 0.15) is 23.6 Å². The number of oxime groups is 2. The molecule has 0 heterocycles. The minimum Gasteiger partial charge on any atom is -0.398 e. The van der Waals surface area contributed by atoms with Crippen molar-refractivity contribution in [1.82, 2.24) is 5.32 Å². The highest BCUT2D eigenvalue weighted by Gasteiger charge is 2.17. The van der Waals surface area contributed by atoms with Gasteiger partial charge in [0.1, 0.15) is 13.7 Å². The lowest BCUT2D eigenvalue weighted by Crippen LogP contribution is -2.29. The molecule has 2 aromatic carbocycles. The van der Waals surface area contributed by atoms with E-state index in [0.29, 0.717) is 10.6 Å². The van der Waals surface area contributed by atoms with E-state index in [9.17, 15) is 4.79 Å². The van der Waals surface area contributed by atoms with Crippen molar-refractivity contribution in [3.05, 3.63) is 70.2 Å². The summed E-state index contributed by atoms with van der Waals surface area (Å²) in [6.07, 6.45) is 0. The van der Waals surface area contributed by atoms with Crippen molar-refractivity contribution in [2.45, 2.75) is 13.5 Å². The summed E-state index contributed by atoms with van der Waals surface area (Å²) in [4.78, 5) is 22.3. The number of likely N-dealkylation sites (N-methyl/N-ethyl adjacent to an activating group) is 1. The number of nitrogens with one attached hydrogen (secondary N) is 1. The van der Waals surface area contributed by atoms with Crippen molar-refractivity contribution in [2.75, 3.05) is 14.2 Å². The molecule has 1 N–H and O–H groups in total. The Morgan fingerprint density at radius 1 is 1.12 bits per heavy atom. The van der Waals surface area contributed by atoms with Gasteiger partial charge in [-0.25, -0.2) is 0 Å². The first-order valence-electron chi connectivity index (χ1n) is 7.90. The second kappa shape index (κ2) is 9.58. The number of amides is 1. The molecule has 7 heteroatoms. The number of halogens is 1. The van der Waals surface area contributed by atoms with Gasteiger partial charge in [-0.2, -0.15) is 0 Å². The first kappa shape index (κ1) is 19.5. The summed E-state index contributed by atoms with van der Waals surface area (Å²) in [5, 5.41) is 11.2. The highest BCUT2D eigenvalue weighted by molar-refractivity contribution is 6.45. The van der Waals surface area contributed by atoms with E-state index in [1.807, 2.05) is 37.3 Å².